The summed E-state index contributed by atoms with van der Waals surface area (Å²) < 4.78 is 3.17. The van der Waals surface area contributed by atoms with Gasteiger partial charge in [-0.2, -0.15) is 0 Å². The van der Waals surface area contributed by atoms with Gasteiger partial charge in [-0.05, 0) is 37.6 Å². The molecule has 3 aromatic rings. The molecule has 0 saturated carbocycles. The smallest absolute Gasteiger partial charge is 0.132 e. The van der Waals surface area contributed by atoms with Gasteiger partial charge in [-0.15, -0.1) is 11.6 Å². The van der Waals surface area contributed by atoms with Gasteiger partial charge in [-0.1, -0.05) is 22.0 Å². The Kier molecular flexibility index (Phi) is 3.52. The molecule has 0 radical (unpaired) electrons. The first kappa shape index (κ1) is 13.6. The summed E-state index contributed by atoms with van der Waals surface area (Å²) >= 11 is 9.88. The molecule has 0 aliphatic heterocycles. The zero-order valence-electron chi connectivity index (χ0n) is 11.1. The highest BCUT2D eigenvalue weighted by Crippen LogP contribution is 2.31. The number of nitrogens with zero attached hydrogens (tertiary/aromatic N) is 3. The van der Waals surface area contributed by atoms with Crippen molar-refractivity contribution in [2.75, 3.05) is 0 Å². The van der Waals surface area contributed by atoms with Gasteiger partial charge in [0.15, 0.2) is 0 Å². The minimum absolute atomic E-state index is 0.180. The quantitative estimate of drug-likeness (QED) is 0.622. The van der Waals surface area contributed by atoms with E-state index in [9.17, 15) is 0 Å². The summed E-state index contributed by atoms with van der Waals surface area (Å²) in [6.45, 7) is 4.01. The molecule has 0 fully saturated rings. The molecule has 20 heavy (non-hydrogen) atoms. The molecule has 1 atom stereocenters. The first-order valence-corrected chi connectivity index (χ1v) is 7.54. The summed E-state index contributed by atoms with van der Waals surface area (Å²) in [6.07, 6.45) is 3.54. The zero-order valence-corrected chi connectivity index (χ0v) is 13.5. The lowest BCUT2D eigenvalue weighted by Gasteiger charge is -2.14. The summed E-state index contributed by atoms with van der Waals surface area (Å²) in [6, 6.07) is 8.08. The summed E-state index contributed by atoms with van der Waals surface area (Å²) in [5.41, 5.74) is 4.11. The number of rotatable bonds is 2. The molecule has 2 aromatic heterocycles. The van der Waals surface area contributed by atoms with Crippen LogP contribution in [0.4, 0.5) is 0 Å². The van der Waals surface area contributed by atoms with Crippen LogP contribution in [-0.2, 0) is 0 Å². The minimum Gasteiger partial charge on any atom is -0.295 e. The molecule has 0 amide bonds. The normalized spacial score (nSPS) is 12.8. The van der Waals surface area contributed by atoms with Crippen molar-refractivity contribution < 1.29 is 0 Å². The number of fused-ring (bicyclic) bond motifs is 1. The van der Waals surface area contributed by atoms with E-state index in [0.29, 0.717) is 0 Å². The molecule has 2 heterocycles. The largest absolute Gasteiger partial charge is 0.295 e. The minimum atomic E-state index is -0.180. The van der Waals surface area contributed by atoms with Gasteiger partial charge in [0.05, 0.1) is 22.8 Å². The second-order valence-electron chi connectivity index (χ2n) is 4.67. The van der Waals surface area contributed by atoms with Gasteiger partial charge in [0.1, 0.15) is 11.3 Å². The first-order chi connectivity index (χ1) is 9.59. The van der Waals surface area contributed by atoms with Crippen molar-refractivity contribution in [2.45, 2.75) is 19.2 Å². The van der Waals surface area contributed by atoms with E-state index in [0.717, 1.165) is 32.6 Å². The van der Waals surface area contributed by atoms with Gasteiger partial charge >= 0.3 is 0 Å². The SMILES string of the molecule is Cc1c(Br)cccc1-n1c(C(C)Cl)nc2cnccc21. The van der Waals surface area contributed by atoms with Crippen LogP contribution in [0.2, 0.25) is 0 Å². The van der Waals surface area contributed by atoms with E-state index < -0.39 is 0 Å². The van der Waals surface area contributed by atoms with Crippen molar-refractivity contribution in [1.82, 2.24) is 14.5 Å². The number of benzene rings is 1. The molecule has 102 valence electrons. The van der Waals surface area contributed by atoms with Crippen LogP contribution in [-0.4, -0.2) is 14.5 Å². The van der Waals surface area contributed by atoms with Crippen molar-refractivity contribution in [1.29, 1.82) is 0 Å². The Morgan fingerprint density at radius 3 is 2.85 bits per heavy atom. The molecule has 0 spiro atoms. The summed E-state index contributed by atoms with van der Waals surface area (Å²) in [4.78, 5) is 8.74. The van der Waals surface area contributed by atoms with Crippen LogP contribution < -0.4 is 0 Å². The standard InChI is InChI=1S/C15H13BrClN3/c1-9-11(16)4-3-5-13(9)20-14-6-7-18-8-12(14)19-15(20)10(2)17/h3-8,10H,1-2H3. The number of pyridine rings is 1. The van der Waals surface area contributed by atoms with E-state index in [1.807, 2.05) is 25.1 Å². The average Bonchev–Trinajstić information content (AvgIpc) is 2.81. The van der Waals surface area contributed by atoms with E-state index in [1.54, 1.807) is 12.4 Å². The van der Waals surface area contributed by atoms with Crippen LogP contribution in [0.3, 0.4) is 0 Å². The number of aromatic nitrogens is 3. The molecule has 0 N–H and O–H groups in total. The fourth-order valence-electron chi connectivity index (χ4n) is 2.31. The lowest BCUT2D eigenvalue weighted by Crippen LogP contribution is -2.04. The third-order valence-electron chi connectivity index (χ3n) is 3.32. The van der Waals surface area contributed by atoms with Gasteiger partial charge in [-0.3, -0.25) is 9.55 Å². The Labute approximate surface area is 130 Å². The molecular formula is C15H13BrClN3. The Morgan fingerprint density at radius 2 is 2.10 bits per heavy atom. The summed E-state index contributed by atoms with van der Waals surface area (Å²) in [5.74, 6) is 0.830. The Hall–Kier alpha value is -1.39. The van der Waals surface area contributed by atoms with Crippen LogP contribution in [0.1, 0.15) is 23.7 Å². The van der Waals surface area contributed by atoms with Crippen LogP contribution in [0.25, 0.3) is 16.7 Å². The highest BCUT2D eigenvalue weighted by Gasteiger charge is 2.17. The number of halogens is 2. The Balaban J connectivity index is 2.39. The second-order valence-corrected chi connectivity index (χ2v) is 6.18. The van der Waals surface area contributed by atoms with E-state index in [-0.39, 0.29) is 5.38 Å². The van der Waals surface area contributed by atoms with Crippen LogP contribution in [0, 0.1) is 6.92 Å². The molecule has 0 saturated heterocycles. The molecule has 1 unspecified atom stereocenters. The predicted molar refractivity (Wildman–Crippen MR) is 85.6 cm³/mol. The molecule has 0 aliphatic rings. The Bertz CT molecular complexity index is 780. The van der Waals surface area contributed by atoms with E-state index in [1.165, 1.54) is 0 Å². The first-order valence-electron chi connectivity index (χ1n) is 6.31. The summed E-state index contributed by atoms with van der Waals surface area (Å²) in [5, 5.41) is -0.180. The maximum Gasteiger partial charge on any atom is 0.132 e. The van der Waals surface area contributed by atoms with Gasteiger partial charge in [0, 0.05) is 10.7 Å². The molecule has 0 aliphatic carbocycles. The van der Waals surface area contributed by atoms with Gasteiger partial charge in [-0.25, -0.2) is 4.98 Å². The maximum atomic E-state index is 6.31. The van der Waals surface area contributed by atoms with Crippen LogP contribution in [0.15, 0.2) is 41.1 Å². The zero-order chi connectivity index (χ0) is 14.3. The van der Waals surface area contributed by atoms with Crippen molar-refractivity contribution in [2.24, 2.45) is 0 Å². The second kappa shape index (κ2) is 5.19. The lowest BCUT2D eigenvalue weighted by molar-refractivity contribution is 0.877. The van der Waals surface area contributed by atoms with Crippen molar-refractivity contribution in [3.05, 3.63) is 52.5 Å². The van der Waals surface area contributed by atoms with Crippen LogP contribution >= 0.6 is 27.5 Å². The maximum absolute atomic E-state index is 6.31. The fraction of sp³-hybridized carbons (Fsp3) is 0.200. The van der Waals surface area contributed by atoms with Crippen LogP contribution in [0.5, 0.6) is 0 Å². The van der Waals surface area contributed by atoms with Gasteiger partial charge in [0.2, 0.25) is 0 Å². The van der Waals surface area contributed by atoms with Crippen molar-refractivity contribution in [3.8, 4) is 5.69 Å². The monoisotopic (exact) mass is 349 g/mol. The third-order valence-corrected chi connectivity index (χ3v) is 4.37. The van der Waals surface area contributed by atoms with Crippen molar-refractivity contribution >= 4 is 38.6 Å². The van der Waals surface area contributed by atoms with E-state index in [4.69, 9.17) is 11.6 Å². The third kappa shape index (κ3) is 2.13. The number of alkyl halides is 1. The average molecular weight is 351 g/mol. The predicted octanol–water partition coefficient (Wildman–Crippen LogP) is 4.79. The molecule has 3 rings (SSSR count). The van der Waals surface area contributed by atoms with Gasteiger partial charge < -0.3 is 0 Å². The van der Waals surface area contributed by atoms with E-state index >= 15 is 0 Å². The lowest BCUT2D eigenvalue weighted by atomic mass is 10.2. The number of hydrogen-bond donors (Lipinski definition) is 0. The molecule has 3 nitrogen and oxygen atoms in total. The highest BCUT2D eigenvalue weighted by atomic mass is 79.9. The molecular weight excluding hydrogens is 338 g/mol. The fourth-order valence-corrected chi connectivity index (χ4v) is 2.81. The topological polar surface area (TPSA) is 30.7 Å². The van der Waals surface area contributed by atoms with E-state index in [2.05, 4.69) is 43.5 Å². The summed E-state index contributed by atoms with van der Waals surface area (Å²) in [7, 11) is 0. The van der Waals surface area contributed by atoms with Crippen molar-refractivity contribution in [3.63, 3.8) is 0 Å². The highest BCUT2D eigenvalue weighted by molar-refractivity contribution is 9.10. The number of imidazole rings is 1. The molecule has 1 aromatic carbocycles. The molecule has 0 bridgehead atoms. The Morgan fingerprint density at radius 1 is 1.30 bits per heavy atom. The number of hydrogen-bond acceptors (Lipinski definition) is 2. The molecule has 5 heteroatoms. The van der Waals surface area contributed by atoms with Gasteiger partial charge in [0.25, 0.3) is 0 Å².